The molecular weight excluding hydrogens is 290 g/mol. The Balaban J connectivity index is 1.87. The van der Waals surface area contributed by atoms with Gasteiger partial charge in [-0.1, -0.05) is 12.1 Å². The first-order chi connectivity index (χ1) is 11.2. The average molecular weight is 309 g/mol. The van der Waals surface area contributed by atoms with E-state index in [0.717, 1.165) is 6.42 Å². The number of methoxy groups -OCH3 is 3. The zero-order valence-electron chi connectivity index (χ0n) is 13.5. The van der Waals surface area contributed by atoms with E-state index in [1.54, 1.807) is 21.3 Å². The second-order valence-electron chi connectivity index (χ2n) is 5.64. The first-order valence-corrected chi connectivity index (χ1v) is 7.51. The number of nitriles is 1. The molecule has 0 spiro atoms. The second-order valence-corrected chi connectivity index (χ2v) is 5.64. The fourth-order valence-corrected chi connectivity index (χ4v) is 3.05. The molecule has 4 nitrogen and oxygen atoms in total. The first kappa shape index (κ1) is 15.2. The van der Waals surface area contributed by atoms with E-state index in [1.807, 2.05) is 36.4 Å². The van der Waals surface area contributed by atoms with Gasteiger partial charge in [0.05, 0.1) is 33.0 Å². The third-order valence-corrected chi connectivity index (χ3v) is 4.37. The Morgan fingerprint density at radius 2 is 1.43 bits per heavy atom. The molecule has 1 saturated carbocycles. The van der Waals surface area contributed by atoms with E-state index < -0.39 is 0 Å². The molecule has 2 aromatic carbocycles. The molecule has 0 bridgehead atoms. The molecule has 1 aliphatic rings. The third-order valence-electron chi connectivity index (χ3n) is 4.37. The summed E-state index contributed by atoms with van der Waals surface area (Å²) in [6, 6.07) is 14.0. The molecule has 4 heteroatoms. The molecule has 0 saturated heterocycles. The molecule has 0 amide bonds. The molecule has 0 unspecified atom stereocenters. The van der Waals surface area contributed by atoms with Gasteiger partial charge in [-0.2, -0.15) is 5.26 Å². The molecule has 118 valence electrons. The number of hydrogen-bond donors (Lipinski definition) is 0. The minimum absolute atomic E-state index is 0.441. The molecule has 0 aliphatic heterocycles. The summed E-state index contributed by atoms with van der Waals surface area (Å²) in [7, 11) is 4.87. The highest BCUT2D eigenvalue weighted by atomic mass is 16.5. The highest BCUT2D eigenvalue weighted by Crippen LogP contribution is 2.56. The molecule has 0 aromatic heterocycles. The van der Waals surface area contributed by atoms with Gasteiger partial charge >= 0.3 is 0 Å². The van der Waals surface area contributed by atoms with Crippen LogP contribution < -0.4 is 14.2 Å². The van der Waals surface area contributed by atoms with Crippen LogP contribution in [0.1, 0.15) is 34.9 Å². The van der Waals surface area contributed by atoms with Gasteiger partial charge in [0.25, 0.3) is 0 Å². The van der Waals surface area contributed by atoms with Crippen molar-refractivity contribution >= 4 is 0 Å². The van der Waals surface area contributed by atoms with Crippen molar-refractivity contribution in [2.45, 2.75) is 18.3 Å². The smallest absolute Gasteiger partial charge is 0.203 e. The van der Waals surface area contributed by atoms with Crippen LogP contribution >= 0.6 is 0 Å². The van der Waals surface area contributed by atoms with Crippen LogP contribution in [0, 0.1) is 11.3 Å². The quantitative estimate of drug-likeness (QED) is 0.841. The largest absolute Gasteiger partial charge is 0.493 e. The lowest BCUT2D eigenvalue weighted by molar-refractivity contribution is 0.324. The van der Waals surface area contributed by atoms with E-state index in [1.165, 1.54) is 11.1 Å². The van der Waals surface area contributed by atoms with Crippen molar-refractivity contribution in [2.75, 3.05) is 21.3 Å². The van der Waals surface area contributed by atoms with Gasteiger partial charge in [-0.15, -0.1) is 0 Å². The number of benzene rings is 2. The zero-order chi connectivity index (χ0) is 16.4. The van der Waals surface area contributed by atoms with E-state index in [4.69, 9.17) is 19.5 Å². The summed E-state index contributed by atoms with van der Waals surface area (Å²) in [6.45, 7) is 0. The molecule has 1 aliphatic carbocycles. The van der Waals surface area contributed by atoms with Crippen LogP contribution in [-0.4, -0.2) is 21.3 Å². The van der Waals surface area contributed by atoms with Crippen molar-refractivity contribution in [3.63, 3.8) is 0 Å². The molecule has 2 atom stereocenters. The summed E-state index contributed by atoms with van der Waals surface area (Å²) in [4.78, 5) is 0. The second kappa shape index (κ2) is 6.21. The topological polar surface area (TPSA) is 51.5 Å². The van der Waals surface area contributed by atoms with Crippen LogP contribution in [0.3, 0.4) is 0 Å². The number of nitrogens with zero attached hydrogens (tertiary/aromatic N) is 1. The summed E-state index contributed by atoms with van der Waals surface area (Å²) in [6.07, 6.45) is 1.09. The van der Waals surface area contributed by atoms with Gasteiger partial charge < -0.3 is 14.2 Å². The Morgan fingerprint density at radius 3 is 1.91 bits per heavy atom. The first-order valence-electron chi connectivity index (χ1n) is 7.51. The van der Waals surface area contributed by atoms with Crippen LogP contribution in [0.4, 0.5) is 0 Å². The van der Waals surface area contributed by atoms with Gasteiger partial charge in [0, 0.05) is 0 Å². The van der Waals surface area contributed by atoms with Crippen molar-refractivity contribution in [1.29, 1.82) is 5.26 Å². The van der Waals surface area contributed by atoms with E-state index in [9.17, 15) is 0 Å². The highest BCUT2D eigenvalue weighted by Gasteiger charge is 2.40. The van der Waals surface area contributed by atoms with Crippen molar-refractivity contribution in [3.8, 4) is 23.3 Å². The van der Waals surface area contributed by atoms with Gasteiger partial charge in [0.2, 0.25) is 5.75 Å². The van der Waals surface area contributed by atoms with Crippen molar-refractivity contribution < 1.29 is 14.2 Å². The van der Waals surface area contributed by atoms with E-state index in [-0.39, 0.29) is 0 Å². The summed E-state index contributed by atoms with van der Waals surface area (Å²) in [5.74, 6) is 2.91. The number of ether oxygens (including phenoxy) is 3. The minimum Gasteiger partial charge on any atom is -0.493 e. The number of hydrogen-bond acceptors (Lipinski definition) is 4. The Morgan fingerprint density at radius 1 is 0.870 bits per heavy atom. The Bertz CT molecular complexity index is 721. The van der Waals surface area contributed by atoms with Gasteiger partial charge in [0.15, 0.2) is 11.5 Å². The Labute approximate surface area is 136 Å². The molecule has 0 heterocycles. The summed E-state index contributed by atoms with van der Waals surface area (Å²) >= 11 is 0. The molecule has 3 rings (SSSR count). The molecule has 1 fully saturated rings. The lowest BCUT2D eigenvalue weighted by Crippen LogP contribution is -1.97. The maximum absolute atomic E-state index is 8.89. The van der Waals surface area contributed by atoms with E-state index >= 15 is 0 Å². The van der Waals surface area contributed by atoms with Crippen molar-refractivity contribution in [2.24, 2.45) is 0 Å². The van der Waals surface area contributed by atoms with Crippen molar-refractivity contribution in [3.05, 3.63) is 53.1 Å². The monoisotopic (exact) mass is 309 g/mol. The third kappa shape index (κ3) is 2.83. The van der Waals surface area contributed by atoms with Crippen LogP contribution in [-0.2, 0) is 0 Å². The predicted octanol–water partition coefficient (Wildman–Crippen LogP) is 3.86. The molecule has 0 N–H and O–H groups in total. The lowest BCUT2D eigenvalue weighted by Gasteiger charge is -2.14. The lowest BCUT2D eigenvalue weighted by atomic mass is 10.0. The highest BCUT2D eigenvalue weighted by molar-refractivity contribution is 5.56. The molecule has 2 aromatic rings. The fraction of sp³-hybridized carbons (Fsp3) is 0.316. The molecular formula is C19H19NO3. The average Bonchev–Trinajstić information content (AvgIpc) is 3.41. The SMILES string of the molecule is COc1cc([C@H]2C[C@@H]2c2ccc(C#N)cc2)cc(OC)c1OC. The zero-order valence-corrected chi connectivity index (χ0v) is 13.5. The summed E-state index contributed by atoms with van der Waals surface area (Å²) in [5, 5.41) is 8.89. The van der Waals surface area contributed by atoms with E-state index in [0.29, 0.717) is 34.6 Å². The summed E-state index contributed by atoms with van der Waals surface area (Å²) < 4.78 is 16.2. The molecule has 23 heavy (non-hydrogen) atoms. The number of rotatable bonds is 5. The maximum Gasteiger partial charge on any atom is 0.203 e. The molecule has 0 radical (unpaired) electrons. The van der Waals surface area contributed by atoms with Gasteiger partial charge in [-0.3, -0.25) is 0 Å². The standard InChI is InChI=1S/C19H19NO3/c1-21-17-8-14(9-18(22-2)19(17)23-3)16-10-15(16)13-6-4-12(11-20)5-7-13/h4-9,15-16H,10H2,1-3H3/t15-,16-/m1/s1. The van der Waals surface area contributed by atoms with Crippen molar-refractivity contribution in [1.82, 2.24) is 0 Å². The Kier molecular flexibility index (Phi) is 4.12. The minimum atomic E-state index is 0.441. The fourth-order valence-electron chi connectivity index (χ4n) is 3.05. The van der Waals surface area contributed by atoms with Crippen LogP contribution in [0.2, 0.25) is 0 Å². The van der Waals surface area contributed by atoms with Gasteiger partial charge in [-0.25, -0.2) is 0 Å². The van der Waals surface area contributed by atoms with Crippen LogP contribution in [0.15, 0.2) is 36.4 Å². The van der Waals surface area contributed by atoms with Crippen LogP contribution in [0.25, 0.3) is 0 Å². The van der Waals surface area contributed by atoms with Gasteiger partial charge in [0.1, 0.15) is 0 Å². The maximum atomic E-state index is 8.89. The summed E-state index contributed by atoms with van der Waals surface area (Å²) in [5.41, 5.74) is 3.15. The van der Waals surface area contributed by atoms with Gasteiger partial charge in [-0.05, 0) is 53.6 Å². The van der Waals surface area contributed by atoms with Crippen LogP contribution in [0.5, 0.6) is 17.2 Å². The normalized spacial score (nSPS) is 18.9. The Hall–Kier alpha value is -2.67. The van der Waals surface area contributed by atoms with E-state index in [2.05, 4.69) is 6.07 Å². The predicted molar refractivity (Wildman–Crippen MR) is 87.4 cm³/mol.